The number of hydrogen-bond acceptors (Lipinski definition) is 3. The molecule has 1 aromatic carbocycles. The Morgan fingerprint density at radius 3 is 3.05 bits per heavy atom. The van der Waals surface area contributed by atoms with Crippen LogP contribution in [-0.4, -0.2) is 22.4 Å². The fourth-order valence-corrected chi connectivity index (χ4v) is 1.96. The van der Waals surface area contributed by atoms with Gasteiger partial charge in [-0.15, -0.1) is 0 Å². The fraction of sp³-hybridized carbons (Fsp3) is 0.0667. The summed E-state index contributed by atoms with van der Waals surface area (Å²) in [5.41, 5.74) is 2.10. The van der Waals surface area contributed by atoms with E-state index in [0.717, 1.165) is 5.65 Å². The van der Waals surface area contributed by atoms with E-state index in [-0.39, 0.29) is 5.91 Å². The van der Waals surface area contributed by atoms with Crippen LogP contribution in [0.25, 0.3) is 5.65 Å². The second-order valence-corrected chi connectivity index (χ2v) is 4.30. The molecule has 1 N–H and O–H groups in total. The third-order valence-electron chi connectivity index (χ3n) is 2.98. The van der Waals surface area contributed by atoms with Crippen molar-refractivity contribution in [2.45, 2.75) is 0 Å². The summed E-state index contributed by atoms with van der Waals surface area (Å²) < 4.78 is 6.96. The molecule has 3 rings (SSSR count). The van der Waals surface area contributed by atoms with Crippen LogP contribution in [0.1, 0.15) is 10.4 Å². The zero-order valence-corrected chi connectivity index (χ0v) is 10.9. The van der Waals surface area contributed by atoms with Crippen molar-refractivity contribution in [3.05, 3.63) is 60.6 Å². The first-order valence-corrected chi connectivity index (χ1v) is 6.14. The number of amides is 1. The average Bonchev–Trinajstić information content (AvgIpc) is 2.95. The Morgan fingerprint density at radius 2 is 2.20 bits per heavy atom. The monoisotopic (exact) mass is 267 g/mol. The van der Waals surface area contributed by atoms with Gasteiger partial charge in [0.1, 0.15) is 11.4 Å². The maximum absolute atomic E-state index is 12.2. The quantitative estimate of drug-likeness (QED) is 0.793. The van der Waals surface area contributed by atoms with E-state index in [1.165, 1.54) is 0 Å². The van der Waals surface area contributed by atoms with E-state index in [0.29, 0.717) is 17.0 Å². The van der Waals surface area contributed by atoms with Gasteiger partial charge < -0.3 is 14.5 Å². The van der Waals surface area contributed by atoms with Crippen LogP contribution in [0.5, 0.6) is 5.75 Å². The summed E-state index contributed by atoms with van der Waals surface area (Å²) in [5, 5.41) is 2.85. The van der Waals surface area contributed by atoms with Gasteiger partial charge in [-0.1, -0.05) is 6.07 Å². The molecule has 0 aliphatic rings. The molecule has 1 amide bonds. The number of carbonyl (C=O) groups is 1. The number of imidazole rings is 1. The minimum absolute atomic E-state index is 0.177. The standard InChI is InChI=1S/C15H13N3O2/c1-20-13-4-2-3-11(9-13)15(19)17-12-5-6-14-16-7-8-18(14)10-12/h2-10H,1H3,(H,17,19). The zero-order chi connectivity index (χ0) is 13.9. The number of nitrogens with one attached hydrogen (secondary N) is 1. The summed E-state index contributed by atoms with van der Waals surface area (Å²) in [6.07, 6.45) is 5.36. The highest BCUT2D eigenvalue weighted by molar-refractivity contribution is 6.04. The number of aromatic nitrogens is 2. The molecular weight excluding hydrogens is 254 g/mol. The fourth-order valence-electron chi connectivity index (χ4n) is 1.96. The van der Waals surface area contributed by atoms with Crippen molar-refractivity contribution in [2.75, 3.05) is 12.4 Å². The lowest BCUT2D eigenvalue weighted by molar-refractivity contribution is 0.102. The van der Waals surface area contributed by atoms with Gasteiger partial charge in [0, 0.05) is 24.2 Å². The molecule has 0 radical (unpaired) electrons. The summed E-state index contributed by atoms with van der Waals surface area (Å²) in [7, 11) is 1.57. The van der Waals surface area contributed by atoms with Gasteiger partial charge in [0.15, 0.2) is 0 Å². The van der Waals surface area contributed by atoms with Crippen molar-refractivity contribution in [1.82, 2.24) is 9.38 Å². The molecule has 2 heterocycles. The van der Waals surface area contributed by atoms with Gasteiger partial charge >= 0.3 is 0 Å². The summed E-state index contributed by atoms with van der Waals surface area (Å²) in [4.78, 5) is 16.3. The molecule has 3 aromatic rings. The summed E-state index contributed by atoms with van der Waals surface area (Å²) in [5.74, 6) is 0.478. The molecule has 20 heavy (non-hydrogen) atoms. The number of benzene rings is 1. The van der Waals surface area contributed by atoms with Crippen LogP contribution >= 0.6 is 0 Å². The second-order valence-electron chi connectivity index (χ2n) is 4.30. The molecule has 0 aliphatic carbocycles. The van der Waals surface area contributed by atoms with E-state index in [1.807, 2.05) is 28.9 Å². The molecule has 0 saturated heterocycles. The highest BCUT2D eigenvalue weighted by Crippen LogP contribution is 2.15. The molecule has 0 atom stereocenters. The van der Waals surface area contributed by atoms with Gasteiger partial charge in [-0.25, -0.2) is 4.98 Å². The van der Waals surface area contributed by atoms with E-state index < -0.39 is 0 Å². The molecule has 0 fully saturated rings. The first kappa shape index (κ1) is 12.2. The molecule has 0 bridgehead atoms. The number of rotatable bonds is 3. The van der Waals surface area contributed by atoms with Crippen LogP contribution in [0, 0.1) is 0 Å². The molecular formula is C15H13N3O2. The van der Waals surface area contributed by atoms with Crippen molar-refractivity contribution < 1.29 is 9.53 Å². The lowest BCUT2D eigenvalue weighted by atomic mass is 10.2. The highest BCUT2D eigenvalue weighted by atomic mass is 16.5. The van der Waals surface area contributed by atoms with E-state index in [9.17, 15) is 4.79 Å². The summed E-state index contributed by atoms with van der Waals surface area (Å²) >= 11 is 0. The minimum atomic E-state index is -0.177. The van der Waals surface area contributed by atoms with Crippen LogP contribution in [0.15, 0.2) is 55.0 Å². The third kappa shape index (κ3) is 2.33. The van der Waals surface area contributed by atoms with Gasteiger partial charge in [0.2, 0.25) is 0 Å². The summed E-state index contributed by atoms with van der Waals surface area (Å²) in [6, 6.07) is 10.7. The number of nitrogens with zero attached hydrogens (tertiary/aromatic N) is 2. The van der Waals surface area contributed by atoms with Gasteiger partial charge in [-0.05, 0) is 30.3 Å². The Balaban J connectivity index is 1.83. The number of methoxy groups -OCH3 is 1. The first-order valence-electron chi connectivity index (χ1n) is 6.14. The average molecular weight is 267 g/mol. The SMILES string of the molecule is COc1cccc(C(=O)Nc2ccc3nccn3c2)c1. The number of ether oxygens (including phenoxy) is 1. The number of pyridine rings is 1. The topological polar surface area (TPSA) is 55.6 Å². The maximum atomic E-state index is 12.2. The third-order valence-corrected chi connectivity index (χ3v) is 2.98. The van der Waals surface area contributed by atoms with Crippen LogP contribution in [0.4, 0.5) is 5.69 Å². The Hall–Kier alpha value is -2.82. The Kier molecular flexibility index (Phi) is 3.09. The van der Waals surface area contributed by atoms with Crippen molar-refractivity contribution in [2.24, 2.45) is 0 Å². The molecule has 5 nitrogen and oxygen atoms in total. The Labute approximate surface area is 115 Å². The smallest absolute Gasteiger partial charge is 0.255 e. The van der Waals surface area contributed by atoms with E-state index >= 15 is 0 Å². The van der Waals surface area contributed by atoms with Crippen LogP contribution in [0.3, 0.4) is 0 Å². The molecule has 0 saturated carbocycles. The Bertz CT molecular complexity index is 764. The predicted octanol–water partition coefficient (Wildman–Crippen LogP) is 2.60. The maximum Gasteiger partial charge on any atom is 0.255 e. The van der Waals surface area contributed by atoms with Crippen LogP contribution < -0.4 is 10.1 Å². The van der Waals surface area contributed by atoms with Crippen molar-refractivity contribution in [3.8, 4) is 5.75 Å². The number of anilines is 1. The van der Waals surface area contributed by atoms with Gasteiger partial charge in [0.25, 0.3) is 5.91 Å². The molecule has 0 aliphatic heterocycles. The minimum Gasteiger partial charge on any atom is -0.497 e. The first-order chi connectivity index (χ1) is 9.76. The number of fused-ring (bicyclic) bond motifs is 1. The molecule has 0 spiro atoms. The second kappa shape index (κ2) is 5.05. The van der Waals surface area contributed by atoms with Crippen molar-refractivity contribution >= 4 is 17.2 Å². The van der Waals surface area contributed by atoms with E-state index in [2.05, 4.69) is 10.3 Å². The van der Waals surface area contributed by atoms with E-state index in [1.54, 1.807) is 37.6 Å². The molecule has 0 unspecified atom stereocenters. The number of carbonyl (C=O) groups excluding carboxylic acids is 1. The number of hydrogen-bond donors (Lipinski definition) is 1. The van der Waals surface area contributed by atoms with Crippen molar-refractivity contribution in [3.63, 3.8) is 0 Å². The van der Waals surface area contributed by atoms with E-state index in [4.69, 9.17) is 4.74 Å². The Morgan fingerprint density at radius 1 is 1.30 bits per heavy atom. The lowest BCUT2D eigenvalue weighted by Gasteiger charge is -2.07. The highest BCUT2D eigenvalue weighted by Gasteiger charge is 2.07. The van der Waals surface area contributed by atoms with Gasteiger partial charge in [0.05, 0.1) is 12.8 Å². The summed E-state index contributed by atoms with van der Waals surface area (Å²) in [6.45, 7) is 0. The molecule has 5 heteroatoms. The van der Waals surface area contributed by atoms with Crippen LogP contribution in [-0.2, 0) is 0 Å². The van der Waals surface area contributed by atoms with Crippen molar-refractivity contribution in [1.29, 1.82) is 0 Å². The molecule has 100 valence electrons. The largest absolute Gasteiger partial charge is 0.497 e. The predicted molar refractivity (Wildman–Crippen MR) is 76.1 cm³/mol. The molecule has 2 aromatic heterocycles. The van der Waals surface area contributed by atoms with Gasteiger partial charge in [-0.2, -0.15) is 0 Å². The lowest BCUT2D eigenvalue weighted by Crippen LogP contribution is -2.12. The normalized spacial score (nSPS) is 10.4. The zero-order valence-electron chi connectivity index (χ0n) is 10.9. The van der Waals surface area contributed by atoms with Crippen LogP contribution in [0.2, 0.25) is 0 Å². The van der Waals surface area contributed by atoms with Gasteiger partial charge in [-0.3, -0.25) is 4.79 Å².